The summed E-state index contributed by atoms with van der Waals surface area (Å²) in [5, 5.41) is 39.8. The van der Waals surface area contributed by atoms with Gasteiger partial charge < -0.3 is 9.52 Å². The molecule has 0 aliphatic rings. The average Bonchev–Trinajstić information content (AvgIpc) is 2.56. The molecule has 0 saturated carbocycles. The molecule has 1 heterocycles. The molecule has 1 aromatic heterocycles. The van der Waals surface area contributed by atoms with Gasteiger partial charge in [-0.15, -0.1) is 0 Å². The van der Waals surface area contributed by atoms with E-state index >= 15 is 0 Å². The summed E-state index contributed by atoms with van der Waals surface area (Å²) in [5.74, 6) is -2.20. The lowest BCUT2D eigenvalue weighted by Gasteiger charge is -1.87. The first-order valence-electron chi connectivity index (χ1n) is 3.59. The van der Waals surface area contributed by atoms with E-state index in [4.69, 9.17) is 5.11 Å². The van der Waals surface area contributed by atoms with Gasteiger partial charge in [-0.25, -0.2) is 0 Å². The van der Waals surface area contributed by atoms with Crippen molar-refractivity contribution in [3.63, 3.8) is 0 Å². The largest absolute Gasteiger partial charge is 0.520 e. The third kappa shape index (κ3) is 1.66. The summed E-state index contributed by atoms with van der Waals surface area (Å²) in [5.41, 5.74) is -2.58. The first-order valence-corrected chi connectivity index (χ1v) is 3.59. The molecule has 11 nitrogen and oxygen atoms in total. The first-order chi connectivity index (χ1) is 7.40. The Morgan fingerprint density at radius 3 is 1.81 bits per heavy atom. The van der Waals surface area contributed by atoms with Crippen molar-refractivity contribution in [1.29, 1.82) is 0 Å². The zero-order valence-electron chi connectivity index (χ0n) is 7.35. The highest BCUT2D eigenvalue weighted by molar-refractivity contribution is 5.64. The molecular weight excluding hydrogens is 230 g/mol. The van der Waals surface area contributed by atoms with Gasteiger partial charge in [0.1, 0.15) is 11.5 Å². The first kappa shape index (κ1) is 11.5. The van der Waals surface area contributed by atoms with E-state index in [1.54, 1.807) is 0 Å². The number of nitro groups is 3. The maximum atomic E-state index is 10.4. The second-order valence-electron chi connectivity index (χ2n) is 2.46. The van der Waals surface area contributed by atoms with Crippen LogP contribution in [0.15, 0.2) is 4.42 Å². The summed E-state index contributed by atoms with van der Waals surface area (Å²) in [6.45, 7) is -1.05. The second-order valence-corrected chi connectivity index (χ2v) is 2.46. The van der Waals surface area contributed by atoms with Crippen LogP contribution in [0.2, 0.25) is 0 Å². The molecule has 0 atom stereocenters. The number of aliphatic hydroxyl groups is 1. The van der Waals surface area contributed by atoms with Gasteiger partial charge in [0, 0.05) is 0 Å². The Morgan fingerprint density at radius 1 is 1.00 bits per heavy atom. The van der Waals surface area contributed by atoms with Gasteiger partial charge in [0.05, 0.1) is 9.85 Å². The van der Waals surface area contributed by atoms with E-state index in [0.717, 1.165) is 0 Å². The normalized spacial score (nSPS) is 10.1. The lowest BCUT2D eigenvalue weighted by molar-refractivity contribution is -0.444. The second kappa shape index (κ2) is 3.90. The van der Waals surface area contributed by atoms with Crippen LogP contribution >= 0.6 is 0 Å². The highest BCUT2D eigenvalue weighted by atomic mass is 16.7. The van der Waals surface area contributed by atoms with Crippen molar-refractivity contribution >= 4 is 17.3 Å². The highest BCUT2D eigenvalue weighted by Crippen LogP contribution is 2.41. The fourth-order valence-electron chi connectivity index (χ4n) is 1.03. The summed E-state index contributed by atoms with van der Waals surface area (Å²) in [6.07, 6.45) is 0. The van der Waals surface area contributed by atoms with Crippen molar-refractivity contribution in [3.8, 4) is 0 Å². The highest BCUT2D eigenvalue weighted by Gasteiger charge is 2.45. The Balaban J connectivity index is 3.61. The SMILES string of the molecule is O=[N+]([O-])c1oc(CO)c([N+](=O)[O-])c1[N+](=O)[O-]. The predicted octanol–water partition coefficient (Wildman–Crippen LogP) is 0.496. The van der Waals surface area contributed by atoms with Gasteiger partial charge in [0.15, 0.2) is 0 Å². The van der Waals surface area contributed by atoms with Gasteiger partial charge >= 0.3 is 17.3 Å². The summed E-state index contributed by atoms with van der Waals surface area (Å²) in [7, 11) is 0. The minimum absolute atomic E-state index is 0.830. The lowest BCUT2D eigenvalue weighted by Crippen LogP contribution is -1.98. The van der Waals surface area contributed by atoms with E-state index in [2.05, 4.69) is 4.42 Å². The zero-order valence-corrected chi connectivity index (χ0v) is 7.35. The van der Waals surface area contributed by atoms with Crippen molar-refractivity contribution in [3.05, 3.63) is 36.1 Å². The predicted molar refractivity (Wildman–Crippen MR) is 44.6 cm³/mol. The molecule has 0 aromatic carbocycles. The number of hydrogen-bond acceptors (Lipinski definition) is 8. The van der Waals surface area contributed by atoms with E-state index in [0.29, 0.717) is 0 Å². The van der Waals surface area contributed by atoms with Crippen LogP contribution in [0, 0.1) is 30.3 Å². The molecule has 0 saturated heterocycles. The molecule has 0 spiro atoms. The summed E-state index contributed by atoms with van der Waals surface area (Å²) in [6, 6.07) is 0. The van der Waals surface area contributed by atoms with Crippen molar-refractivity contribution in [2.45, 2.75) is 6.61 Å². The van der Waals surface area contributed by atoms with Crippen LogP contribution < -0.4 is 0 Å². The van der Waals surface area contributed by atoms with Gasteiger partial charge in [0.2, 0.25) is 5.76 Å². The van der Waals surface area contributed by atoms with E-state index in [9.17, 15) is 30.3 Å². The Morgan fingerprint density at radius 2 is 1.50 bits per heavy atom. The molecule has 11 heteroatoms. The van der Waals surface area contributed by atoms with E-state index in [1.165, 1.54) is 0 Å². The van der Waals surface area contributed by atoms with Crippen molar-refractivity contribution in [1.82, 2.24) is 0 Å². The molecule has 1 rings (SSSR count). The number of rotatable bonds is 4. The molecule has 0 aliphatic heterocycles. The molecule has 86 valence electrons. The molecule has 1 N–H and O–H groups in total. The van der Waals surface area contributed by atoms with Crippen molar-refractivity contribution in [2.24, 2.45) is 0 Å². The third-order valence-electron chi connectivity index (χ3n) is 1.59. The minimum atomic E-state index is -1.38. The monoisotopic (exact) mass is 233 g/mol. The molecule has 0 aliphatic carbocycles. The van der Waals surface area contributed by atoms with Crippen LogP contribution in [0.3, 0.4) is 0 Å². The molecule has 0 unspecified atom stereocenters. The van der Waals surface area contributed by atoms with Crippen LogP contribution in [0.4, 0.5) is 17.3 Å². The molecule has 0 fully saturated rings. The average molecular weight is 233 g/mol. The van der Waals surface area contributed by atoms with Crippen LogP contribution in [0.1, 0.15) is 5.76 Å². The van der Waals surface area contributed by atoms with E-state index < -0.39 is 44.4 Å². The van der Waals surface area contributed by atoms with Gasteiger partial charge in [-0.1, -0.05) is 0 Å². The Labute approximate surface area is 85.3 Å². The van der Waals surface area contributed by atoms with Gasteiger partial charge in [0.25, 0.3) is 0 Å². The molecule has 1 aromatic rings. The fourth-order valence-corrected chi connectivity index (χ4v) is 1.03. The Bertz CT molecular complexity index is 476. The number of hydrogen-bond donors (Lipinski definition) is 1. The Hall–Kier alpha value is -2.56. The van der Waals surface area contributed by atoms with Crippen LogP contribution in [-0.2, 0) is 6.61 Å². The third-order valence-corrected chi connectivity index (χ3v) is 1.59. The maximum Gasteiger partial charge on any atom is 0.520 e. The number of furan rings is 1. The summed E-state index contributed by atoms with van der Waals surface area (Å²) in [4.78, 5) is 27.4. The van der Waals surface area contributed by atoms with E-state index in [-0.39, 0.29) is 0 Å². The number of aliphatic hydroxyl groups excluding tert-OH is 1. The summed E-state index contributed by atoms with van der Waals surface area (Å²) >= 11 is 0. The summed E-state index contributed by atoms with van der Waals surface area (Å²) < 4.78 is 4.25. The minimum Gasteiger partial charge on any atom is -0.390 e. The van der Waals surface area contributed by atoms with Gasteiger partial charge in [-0.3, -0.25) is 30.3 Å². The topological polar surface area (TPSA) is 163 Å². The molecule has 16 heavy (non-hydrogen) atoms. The quantitative estimate of drug-likeness (QED) is 0.579. The van der Waals surface area contributed by atoms with Crippen LogP contribution in [-0.4, -0.2) is 19.9 Å². The molecule has 0 amide bonds. The van der Waals surface area contributed by atoms with Crippen molar-refractivity contribution in [2.75, 3.05) is 0 Å². The van der Waals surface area contributed by atoms with Crippen LogP contribution in [0.25, 0.3) is 0 Å². The fraction of sp³-hybridized carbons (Fsp3) is 0.200. The Kier molecular flexibility index (Phi) is 2.80. The smallest absolute Gasteiger partial charge is 0.390 e. The molecular formula is C5H3N3O8. The molecule has 0 radical (unpaired) electrons. The standard InChI is InChI=1S/C5H3N3O8/c9-1-2-3(6(10)11)4(7(12)13)5(16-2)8(14)15/h9H,1H2. The zero-order chi connectivity index (χ0) is 12.5. The van der Waals surface area contributed by atoms with Gasteiger partial charge in [-0.05, 0) is 0 Å². The lowest BCUT2D eigenvalue weighted by atomic mass is 10.3. The van der Waals surface area contributed by atoms with Gasteiger partial charge in [-0.2, -0.15) is 0 Å². The van der Waals surface area contributed by atoms with Crippen LogP contribution in [0.5, 0.6) is 0 Å². The van der Waals surface area contributed by atoms with Crippen molar-refractivity contribution < 1.29 is 24.3 Å². The number of nitrogens with zero attached hydrogens (tertiary/aromatic N) is 3. The van der Waals surface area contributed by atoms with E-state index in [1.807, 2.05) is 0 Å². The maximum absolute atomic E-state index is 10.4. The molecule has 0 bridgehead atoms.